The Morgan fingerprint density at radius 1 is 1.53 bits per heavy atom. The molecular weight excluding hydrogens is 224 g/mol. The van der Waals surface area contributed by atoms with E-state index in [1.807, 2.05) is 13.8 Å². The van der Waals surface area contributed by atoms with E-state index in [1.54, 1.807) is 0 Å². The van der Waals surface area contributed by atoms with E-state index in [1.165, 1.54) is 18.2 Å². The van der Waals surface area contributed by atoms with Crippen LogP contribution in [0, 0.1) is 16.0 Å². The van der Waals surface area contributed by atoms with Gasteiger partial charge in [0.05, 0.1) is 10.5 Å². The van der Waals surface area contributed by atoms with Gasteiger partial charge in [-0.2, -0.15) is 0 Å². The number of carboxylic acid groups (broad SMARTS) is 1. The average Bonchev–Trinajstić information content (AvgIpc) is 2.25. The van der Waals surface area contributed by atoms with Crippen LogP contribution in [0.1, 0.15) is 24.2 Å². The molecule has 0 heterocycles. The van der Waals surface area contributed by atoms with Gasteiger partial charge in [0.25, 0.3) is 5.69 Å². The van der Waals surface area contributed by atoms with Crippen molar-refractivity contribution in [3.8, 4) is 0 Å². The smallest absolute Gasteiger partial charge is 0.335 e. The predicted molar refractivity (Wildman–Crippen MR) is 63.4 cm³/mol. The Hall–Kier alpha value is -2.11. The van der Waals surface area contributed by atoms with Crippen molar-refractivity contribution in [2.24, 2.45) is 5.92 Å². The summed E-state index contributed by atoms with van der Waals surface area (Å²) in [7, 11) is 0. The zero-order valence-electron chi connectivity index (χ0n) is 9.64. The Bertz CT molecular complexity index is 443. The van der Waals surface area contributed by atoms with Gasteiger partial charge in [-0.15, -0.1) is 0 Å². The van der Waals surface area contributed by atoms with Crippen molar-refractivity contribution in [2.75, 3.05) is 11.9 Å². The van der Waals surface area contributed by atoms with Crippen LogP contribution in [0.2, 0.25) is 0 Å². The van der Waals surface area contributed by atoms with Crippen molar-refractivity contribution in [1.29, 1.82) is 0 Å². The summed E-state index contributed by atoms with van der Waals surface area (Å²) in [5.74, 6) is -0.796. The van der Waals surface area contributed by atoms with Gasteiger partial charge in [-0.1, -0.05) is 13.8 Å². The number of rotatable bonds is 5. The zero-order valence-corrected chi connectivity index (χ0v) is 9.64. The quantitative estimate of drug-likeness (QED) is 0.606. The summed E-state index contributed by atoms with van der Waals surface area (Å²) in [4.78, 5) is 21.0. The van der Waals surface area contributed by atoms with E-state index in [-0.39, 0.29) is 16.9 Å². The maximum atomic E-state index is 10.8. The first-order chi connectivity index (χ1) is 7.91. The van der Waals surface area contributed by atoms with E-state index >= 15 is 0 Å². The van der Waals surface area contributed by atoms with Crippen LogP contribution in [0.15, 0.2) is 18.2 Å². The fraction of sp³-hybridized carbons (Fsp3) is 0.364. The fourth-order valence-corrected chi connectivity index (χ4v) is 1.28. The van der Waals surface area contributed by atoms with Crippen molar-refractivity contribution in [1.82, 2.24) is 0 Å². The van der Waals surface area contributed by atoms with Gasteiger partial charge in [-0.05, 0) is 18.1 Å². The van der Waals surface area contributed by atoms with Crippen molar-refractivity contribution < 1.29 is 14.8 Å². The highest BCUT2D eigenvalue weighted by Gasteiger charge is 2.16. The summed E-state index contributed by atoms with van der Waals surface area (Å²) in [5.41, 5.74) is 0.154. The summed E-state index contributed by atoms with van der Waals surface area (Å²) in [5, 5.41) is 22.5. The number of benzene rings is 1. The van der Waals surface area contributed by atoms with Crippen LogP contribution in [0.4, 0.5) is 11.4 Å². The van der Waals surface area contributed by atoms with Gasteiger partial charge in [-0.3, -0.25) is 10.1 Å². The van der Waals surface area contributed by atoms with Gasteiger partial charge in [-0.25, -0.2) is 4.79 Å². The number of carbonyl (C=O) groups is 1. The predicted octanol–water partition coefficient (Wildman–Crippen LogP) is 2.36. The number of hydrogen-bond acceptors (Lipinski definition) is 4. The number of nitro benzene ring substituents is 1. The molecule has 0 aliphatic carbocycles. The molecule has 0 fully saturated rings. The lowest BCUT2D eigenvalue weighted by atomic mass is 10.1. The Labute approximate surface area is 98.4 Å². The largest absolute Gasteiger partial charge is 0.478 e. The molecular formula is C11H14N2O4. The molecule has 0 radical (unpaired) electrons. The van der Waals surface area contributed by atoms with Gasteiger partial charge in [0, 0.05) is 12.6 Å². The summed E-state index contributed by atoms with van der Waals surface area (Å²) < 4.78 is 0. The first-order valence-electron chi connectivity index (χ1n) is 5.17. The minimum absolute atomic E-state index is 0.0295. The Balaban J connectivity index is 3.07. The van der Waals surface area contributed by atoms with Crippen LogP contribution in [-0.2, 0) is 0 Å². The van der Waals surface area contributed by atoms with Gasteiger partial charge < -0.3 is 10.4 Å². The summed E-state index contributed by atoms with van der Waals surface area (Å²) in [6.45, 7) is 4.46. The molecule has 0 spiro atoms. The van der Waals surface area contributed by atoms with E-state index in [0.29, 0.717) is 12.5 Å². The van der Waals surface area contributed by atoms with Gasteiger partial charge in [0.15, 0.2) is 0 Å². The van der Waals surface area contributed by atoms with E-state index in [4.69, 9.17) is 5.11 Å². The lowest BCUT2D eigenvalue weighted by Gasteiger charge is -2.09. The van der Waals surface area contributed by atoms with Crippen molar-refractivity contribution >= 4 is 17.3 Å². The molecule has 0 saturated heterocycles. The van der Waals surface area contributed by atoms with Gasteiger partial charge in [0.2, 0.25) is 0 Å². The zero-order chi connectivity index (χ0) is 13.0. The van der Waals surface area contributed by atoms with Crippen LogP contribution >= 0.6 is 0 Å². The minimum atomic E-state index is -1.10. The fourth-order valence-electron chi connectivity index (χ4n) is 1.28. The van der Waals surface area contributed by atoms with Crippen LogP contribution in [0.25, 0.3) is 0 Å². The lowest BCUT2D eigenvalue weighted by Crippen LogP contribution is -2.10. The molecule has 0 aliphatic rings. The Morgan fingerprint density at radius 2 is 2.18 bits per heavy atom. The van der Waals surface area contributed by atoms with Crippen LogP contribution in [0.3, 0.4) is 0 Å². The molecule has 0 saturated carbocycles. The monoisotopic (exact) mass is 238 g/mol. The Kier molecular flexibility index (Phi) is 4.03. The average molecular weight is 238 g/mol. The molecule has 6 nitrogen and oxygen atoms in total. The maximum absolute atomic E-state index is 10.8. The van der Waals surface area contributed by atoms with Gasteiger partial charge >= 0.3 is 5.97 Å². The molecule has 92 valence electrons. The van der Waals surface area contributed by atoms with Crippen molar-refractivity contribution in [3.05, 3.63) is 33.9 Å². The second kappa shape index (κ2) is 5.29. The molecule has 0 amide bonds. The summed E-state index contributed by atoms with van der Waals surface area (Å²) >= 11 is 0. The number of nitrogens with zero attached hydrogens (tertiary/aromatic N) is 1. The SMILES string of the molecule is CC(C)CNc1cc(C(=O)O)ccc1[N+](=O)[O-]. The summed E-state index contributed by atoms with van der Waals surface area (Å²) in [6.07, 6.45) is 0. The van der Waals surface area contributed by atoms with E-state index < -0.39 is 10.9 Å². The molecule has 0 atom stereocenters. The second-order valence-electron chi connectivity index (χ2n) is 4.07. The number of aromatic carboxylic acids is 1. The number of hydrogen-bond donors (Lipinski definition) is 2. The molecule has 17 heavy (non-hydrogen) atoms. The molecule has 1 rings (SSSR count). The Morgan fingerprint density at radius 3 is 2.65 bits per heavy atom. The molecule has 2 N–H and O–H groups in total. The number of carboxylic acids is 1. The summed E-state index contributed by atoms with van der Waals surface area (Å²) in [6, 6.07) is 3.70. The number of anilines is 1. The molecule has 0 aliphatic heterocycles. The topological polar surface area (TPSA) is 92.5 Å². The highest BCUT2D eigenvalue weighted by molar-refractivity contribution is 5.90. The third kappa shape index (κ3) is 3.44. The molecule has 1 aromatic rings. The highest BCUT2D eigenvalue weighted by Crippen LogP contribution is 2.25. The van der Waals surface area contributed by atoms with Crippen LogP contribution in [0.5, 0.6) is 0 Å². The first-order valence-corrected chi connectivity index (χ1v) is 5.17. The second-order valence-corrected chi connectivity index (χ2v) is 4.07. The third-order valence-electron chi connectivity index (χ3n) is 2.14. The molecule has 6 heteroatoms. The third-order valence-corrected chi connectivity index (χ3v) is 2.14. The molecule has 0 bridgehead atoms. The van der Waals surface area contributed by atoms with Crippen LogP contribution < -0.4 is 5.32 Å². The maximum Gasteiger partial charge on any atom is 0.335 e. The first kappa shape index (κ1) is 13.0. The van der Waals surface area contributed by atoms with Crippen LogP contribution in [-0.4, -0.2) is 22.5 Å². The number of nitro groups is 1. The highest BCUT2D eigenvalue weighted by atomic mass is 16.6. The number of nitrogens with one attached hydrogen (secondary N) is 1. The molecule has 0 aromatic heterocycles. The van der Waals surface area contributed by atoms with E-state index in [0.717, 1.165) is 0 Å². The molecule has 0 unspecified atom stereocenters. The van der Waals surface area contributed by atoms with E-state index in [9.17, 15) is 14.9 Å². The normalized spacial score (nSPS) is 10.3. The van der Waals surface area contributed by atoms with Crippen molar-refractivity contribution in [3.63, 3.8) is 0 Å². The standard InChI is InChI=1S/C11H14N2O4/c1-7(2)6-12-9-5-8(11(14)15)3-4-10(9)13(16)17/h3-5,7,12H,6H2,1-2H3,(H,14,15). The van der Waals surface area contributed by atoms with Crippen molar-refractivity contribution in [2.45, 2.75) is 13.8 Å². The molecule has 1 aromatic carbocycles. The van der Waals surface area contributed by atoms with Gasteiger partial charge in [0.1, 0.15) is 5.69 Å². The lowest BCUT2D eigenvalue weighted by molar-refractivity contribution is -0.384. The van der Waals surface area contributed by atoms with E-state index in [2.05, 4.69) is 5.32 Å². The minimum Gasteiger partial charge on any atom is -0.478 e.